The van der Waals surface area contributed by atoms with Gasteiger partial charge in [0.25, 0.3) is 0 Å². The van der Waals surface area contributed by atoms with Crippen LogP contribution in [-0.2, 0) is 6.42 Å². The van der Waals surface area contributed by atoms with Crippen LogP contribution in [-0.4, -0.2) is 21.6 Å². The minimum atomic E-state index is -0.516. The molecule has 0 bridgehead atoms. The zero-order chi connectivity index (χ0) is 15.4. The minimum absolute atomic E-state index is 0.141. The second-order valence-electron chi connectivity index (χ2n) is 4.63. The van der Waals surface area contributed by atoms with Crippen LogP contribution in [0.5, 0.6) is 5.75 Å². The summed E-state index contributed by atoms with van der Waals surface area (Å²) in [6.45, 7) is 4.84. The van der Waals surface area contributed by atoms with Crippen LogP contribution in [0.3, 0.4) is 0 Å². The Bertz CT molecular complexity index is 629. The maximum atomic E-state index is 13.4. The summed E-state index contributed by atoms with van der Waals surface area (Å²) in [7, 11) is 0. The van der Waals surface area contributed by atoms with E-state index in [-0.39, 0.29) is 5.75 Å². The van der Waals surface area contributed by atoms with Gasteiger partial charge in [-0.25, -0.2) is 14.4 Å². The van der Waals surface area contributed by atoms with Crippen molar-refractivity contribution in [1.29, 1.82) is 0 Å². The number of nitrogens with one attached hydrogen (secondary N) is 1. The quantitative estimate of drug-likeness (QED) is 0.848. The van der Waals surface area contributed by atoms with Crippen molar-refractivity contribution in [1.82, 2.24) is 9.97 Å². The van der Waals surface area contributed by atoms with Crippen molar-refractivity contribution < 1.29 is 9.50 Å². The number of aromatic hydroxyl groups is 1. The summed E-state index contributed by atoms with van der Waals surface area (Å²) >= 11 is 3.50. The number of aromatic nitrogens is 2. The summed E-state index contributed by atoms with van der Waals surface area (Å²) < 4.78 is 14.3. The summed E-state index contributed by atoms with van der Waals surface area (Å²) in [5.74, 6) is 0.418. The first-order chi connectivity index (χ1) is 10.0. The van der Waals surface area contributed by atoms with Crippen molar-refractivity contribution >= 4 is 21.7 Å². The maximum Gasteiger partial charge on any atom is 0.162 e. The minimum Gasteiger partial charge on any atom is -0.508 e. The van der Waals surface area contributed by atoms with Crippen LogP contribution < -0.4 is 5.32 Å². The van der Waals surface area contributed by atoms with Gasteiger partial charge in [-0.1, -0.05) is 13.8 Å². The van der Waals surface area contributed by atoms with Gasteiger partial charge in [0.1, 0.15) is 17.4 Å². The van der Waals surface area contributed by atoms with Gasteiger partial charge in [-0.15, -0.1) is 0 Å². The van der Waals surface area contributed by atoms with Gasteiger partial charge in [0.15, 0.2) is 5.82 Å². The van der Waals surface area contributed by atoms with Crippen LogP contribution >= 0.6 is 15.9 Å². The SMILES string of the molecule is CCCNc1nc(-c2cc(O)cc(F)c2)nc(CC)c1Br. The molecule has 0 unspecified atom stereocenters. The number of halogens is 2. The van der Waals surface area contributed by atoms with Crippen molar-refractivity contribution in [3.05, 3.63) is 34.2 Å². The van der Waals surface area contributed by atoms with Gasteiger partial charge in [-0.2, -0.15) is 0 Å². The molecule has 0 spiro atoms. The fourth-order valence-corrected chi connectivity index (χ4v) is 2.52. The Morgan fingerprint density at radius 1 is 1.24 bits per heavy atom. The smallest absolute Gasteiger partial charge is 0.162 e. The highest BCUT2D eigenvalue weighted by atomic mass is 79.9. The van der Waals surface area contributed by atoms with E-state index in [1.807, 2.05) is 6.92 Å². The zero-order valence-corrected chi connectivity index (χ0v) is 13.5. The number of hydrogen-bond acceptors (Lipinski definition) is 4. The molecule has 0 saturated heterocycles. The summed E-state index contributed by atoms with van der Waals surface area (Å²) in [5, 5.41) is 12.7. The molecular weight excluding hydrogens is 337 g/mol. The van der Waals surface area contributed by atoms with Gasteiger partial charge in [0.2, 0.25) is 0 Å². The Hall–Kier alpha value is -1.69. The molecular formula is C15H17BrFN3O. The molecule has 4 nitrogen and oxygen atoms in total. The Morgan fingerprint density at radius 2 is 2.00 bits per heavy atom. The van der Waals surface area contributed by atoms with Crippen molar-refractivity contribution in [2.75, 3.05) is 11.9 Å². The third-order valence-electron chi connectivity index (χ3n) is 2.94. The van der Waals surface area contributed by atoms with Gasteiger partial charge in [0, 0.05) is 18.2 Å². The second-order valence-corrected chi connectivity index (χ2v) is 5.43. The van der Waals surface area contributed by atoms with Gasteiger partial charge in [-0.3, -0.25) is 0 Å². The van der Waals surface area contributed by atoms with E-state index in [0.717, 1.165) is 35.6 Å². The van der Waals surface area contributed by atoms with E-state index in [9.17, 15) is 9.50 Å². The first-order valence-electron chi connectivity index (χ1n) is 6.85. The van der Waals surface area contributed by atoms with Crippen LogP contribution in [0.25, 0.3) is 11.4 Å². The predicted octanol–water partition coefficient (Wildman–Crippen LogP) is 4.14. The Labute approximate surface area is 131 Å². The molecule has 0 amide bonds. The van der Waals surface area contributed by atoms with Gasteiger partial charge < -0.3 is 10.4 Å². The highest BCUT2D eigenvalue weighted by Gasteiger charge is 2.13. The van der Waals surface area contributed by atoms with Crippen molar-refractivity contribution in [3.8, 4) is 17.1 Å². The van der Waals surface area contributed by atoms with E-state index < -0.39 is 5.82 Å². The number of phenolic OH excluding ortho intramolecular Hbond substituents is 1. The number of nitrogens with zero attached hydrogens (tertiary/aromatic N) is 2. The molecule has 0 saturated carbocycles. The van der Waals surface area contributed by atoms with Crippen LogP contribution in [0.4, 0.5) is 10.2 Å². The summed E-state index contributed by atoms with van der Waals surface area (Å²) in [4.78, 5) is 8.86. The van der Waals surface area contributed by atoms with E-state index in [4.69, 9.17) is 0 Å². The highest BCUT2D eigenvalue weighted by Crippen LogP contribution is 2.29. The topological polar surface area (TPSA) is 58.0 Å². The highest BCUT2D eigenvalue weighted by molar-refractivity contribution is 9.10. The van der Waals surface area contributed by atoms with Crippen LogP contribution in [0, 0.1) is 5.82 Å². The van der Waals surface area contributed by atoms with Crippen molar-refractivity contribution in [2.45, 2.75) is 26.7 Å². The molecule has 1 aromatic carbocycles. The molecule has 21 heavy (non-hydrogen) atoms. The number of benzene rings is 1. The lowest BCUT2D eigenvalue weighted by Gasteiger charge is -2.12. The molecule has 1 aromatic heterocycles. The Morgan fingerprint density at radius 3 is 2.62 bits per heavy atom. The molecule has 0 aliphatic heterocycles. The molecule has 2 aromatic rings. The first-order valence-corrected chi connectivity index (χ1v) is 7.64. The lowest BCUT2D eigenvalue weighted by molar-refractivity contribution is 0.469. The summed E-state index contributed by atoms with van der Waals surface area (Å²) in [5.41, 5.74) is 1.29. The second kappa shape index (κ2) is 6.85. The number of hydrogen-bond donors (Lipinski definition) is 2. The van der Waals surface area contributed by atoms with E-state index in [0.29, 0.717) is 17.2 Å². The van der Waals surface area contributed by atoms with Gasteiger partial charge >= 0.3 is 0 Å². The summed E-state index contributed by atoms with van der Waals surface area (Å²) in [6, 6.07) is 3.82. The fourth-order valence-electron chi connectivity index (χ4n) is 1.92. The third-order valence-corrected chi connectivity index (χ3v) is 3.77. The lowest BCUT2D eigenvalue weighted by atomic mass is 10.2. The average molecular weight is 354 g/mol. The van der Waals surface area contributed by atoms with Crippen LogP contribution in [0.15, 0.2) is 22.7 Å². The zero-order valence-electron chi connectivity index (χ0n) is 12.0. The molecule has 0 aliphatic carbocycles. The molecule has 1 heterocycles. The average Bonchev–Trinajstić information content (AvgIpc) is 2.45. The number of anilines is 1. The molecule has 0 fully saturated rings. The summed E-state index contributed by atoms with van der Waals surface area (Å²) in [6.07, 6.45) is 1.69. The molecule has 2 rings (SSSR count). The van der Waals surface area contributed by atoms with E-state index >= 15 is 0 Å². The monoisotopic (exact) mass is 353 g/mol. The Kier molecular flexibility index (Phi) is 5.12. The van der Waals surface area contributed by atoms with E-state index in [1.54, 1.807) is 0 Å². The van der Waals surface area contributed by atoms with Crippen LogP contribution in [0.2, 0.25) is 0 Å². The molecule has 2 N–H and O–H groups in total. The Balaban J connectivity index is 2.52. The van der Waals surface area contributed by atoms with Gasteiger partial charge in [-0.05, 0) is 40.9 Å². The lowest BCUT2D eigenvalue weighted by Crippen LogP contribution is -2.07. The van der Waals surface area contributed by atoms with E-state index in [1.165, 1.54) is 12.1 Å². The number of phenols is 1. The molecule has 6 heteroatoms. The largest absolute Gasteiger partial charge is 0.508 e. The van der Waals surface area contributed by atoms with Crippen molar-refractivity contribution in [2.24, 2.45) is 0 Å². The third kappa shape index (κ3) is 3.69. The number of rotatable bonds is 5. The maximum absolute atomic E-state index is 13.4. The predicted molar refractivity (Wildman–Crippen MR) is 84.9 cm³/mol. The van der Waals surface area contributed by atoms with Crippen molar-refractivity contribution in [3.63, 3.8) is 0 Å². The normalized spacial score (nSPS) is 10.7. The molecule has 0 radical (unpaired) electrons. The number of aryl methyl sites for hydroxylation is 1. The fraction of sp³-hybridized carbons (Fsp3) is 0.333. The van der Waals surface area contributed by atoms with Gasteiger partial charge in [0.05, 0.1) is 10.2 Å². The standard InChI is InChI=1S/C15H17BrFN3O/c1-3-5-18-15-13(16)12(4-2)19-14(20-15)9-6-10(17)8-11(21)7-9/h6-8,21H,3-5H2,1-2H3,(H,18,19,20). The first kappa shape index (κ1) is 15.7. The molecule has 112 valence electrons. The molecule has 0 aliphatic rings. The molecule has 0 atom stereocenters. The van der Waals surface area contributed by atoms with Crippen LogP contribution in [0.1, 0.15) is 26.0 Å². The van der Waals surface area contributed by atoms with E-state index in [2.05, 4.69) is 38.1 Å².